The Hall–Kier alpha value is -1.30. The van der Waals surface area contributed by atoms with E-state index >= 15 is 0 Å². The topological polar surface area (TPSA) is 59.6 Å². The molecule has 0 saturated carbocycles. The number of rotatable bonds is 7. The lowest BCUT2D eigenvalue weighted by atomic mass is 9.99. The lowest BCUT2D eigenvalue weighted by Gasteiger charge is -2.30. The number of benzene rings is 1. The van der Waals surface area contributed by atoms with E-state index in [1.54, 1.807) is 13.2 Å². The third-order valence-electron chi connectivity index (χ3n) is 3.94. The summed E-state index contributed by atoms with van der Waals surface area (Å²) in [7, 11) is 1.67. The molecule has 6 heteroatoms. The first-order chi connectivity index (χ1) is 10.7. The second kappa shape index (κ2) is 10.5. The van der Waals surface area contributed by atoms with Gasteiger partial charge >= 0.3 is 0 Å². The van der Waals surface area contributed by atoms with Crippen molar-refractivity contribution in [3.8, 4) is 5.75 Å². The molecule has 1 amide bonds. The highest BCUT2D eigenvalue weighted by Crippen LogP contribution is 2.15. The van der Waals surface area contributed by atoms with Crippen LogP contribution in [0, 0.1) is 0 Å². The molecule has 2 unspecified atom stereocenters. The summed E-state index contributed by atoms with van der Waals surface area (Å²) in [6, 6.07) is 7.83. The maximum absolute atomic E-state index is 12.4. The van der Waals surface area contributed by atoms with Crippen LogP contribution in [-0.2, 0) is 4.74 Å². The lowest BCUT2D eigenvalue weighted by Crippen LogP contribution is -2.51. The number of carbonyl (C=O) groups is 1. The Morgan fingerprint density at radius 3 is 2.96 bits per heavy atom. The Bertz CT molecular complexity index is 485. The number of ether oxygens (including phenoxy) is 2. The Labute approximate surface area is 144 Å². The van der Waals surface area contributed by atoms with Crippen LogP contribution in [0.1, 0.15) is 36.5 Å². The standard InChI is InChI=1S/C17H26N2O3.ClH/c1-13-16(8-4-9-18-13)19-17(20)14-6-3-7-15(12-14)22-11-5-10-21-2;/h3,6-7,12-13,16,18H,4-5,8-11H2,1-2H3,(H,19,20);1H. The minimum absolute atomic E-state index is 0. The molecule has 1 aliphatic heterocycles. The molecule has 1 saturated heterocycles. The van der Waals surface area contributed by atoms with E-state index in [9.17, 15) is 4.79 Å². The molecule has 23 heavy (non-hydrogen) atoms. The van der Waals surface area contributed by atoms with Gasteiger partial charge in [0.15, 0.2) is 0 Å². The molecular weight excluding hydrogens is 316 g/mol. The van der Waals surface area contributed by atoms with Crippen molar-refractivity contribution >= 4 is 18.3 Å². The van der Waals surface area contributed by atoms with Crippen LogP contribution in [-0.4, -0.2) is 44.9 Å². The van der Waals surface area contributed by atoms with E-state index in [4.69, 9.17) is 9.47 Å². The highest BCUT2D eigenvalue weighted by atomic mass is 35.5. The number of amides is 1. The van der Waals surface area contributed by atoms with Gasteiger partial charge < -0.3 is 20.1 Å². The van der Waals surface area contributed by atoms with E-state index in [0.717, 1.165) is 31.6 Å². The number of methoxy groups -OCH3 is 1. The van der Waals surface area contributed by atoms with Gasteiger partial charge in [-0.2, -0.15) is 0 Å². The summed E-state index contributed by atoms with van der Waals surface area (Å²) >= 11 is 0. The zero-order valence-electron chi connectivity index (χ0n) is 13.8. The Kier molecular flexibility index (Phi) is 8.99. The molecule has 1 aromatic carbocycles. The van der Waals surface area contributed by atoms with E-state index in [0.29, 0.717) is 24.8 Å². The highest BCUT2D eigenvalue weighted by molar-refractivity contribution is 5.94. The first-order valence-electron chi connectivity index (χ1n) is 7.97. The molecule has 2 N–H and O–H groups in total. The van der Waals surface area contributed by atoms with Crippen LogP contribution in [0.15, 0.2) is 24.3 Å². The summed E-state index contributed by atoms with van der Waals surface area (Å²) in [4.78, 5) is 12.4. The summed E-state index contributed by atoms with van der Waals surface area (Å²) in [6.07, 6.45) is 2.95. The summed E-state index contributed by atoms with van der Waals surface area (Å²) in [5.41, 5.74) is 0.641. The minimum Gasteiger partial charge on any atom is -0.493 e. The molecule has 130 valence electrons. The second-order valence-electron chi connectivity index (χ2n) is 5.69. The van der Waals surface area contributed by atoms with Gasteiger partial charge in [-0.3, -0.25) is 4.79 Å². The van der Waals surface area contributed by atoms with Crippen molar-refractivity contribution in [2.45, 2.75) is 38.3 Å². The van der Waals surface area contributed by atoms with Gasteiger partial charge in [0.25, 0.3) is 5.91 Å². The fraction of sp³-hybridized carbons (Fsp3) is 0.588. The zero-order chi connectivity index (χ0) is 15.8. The molecule has 0 radical (unpaired) electrons. The Morgan fingerprint density at radius 1 is 1.39 bits per heavy atom. The summed E-state index contributed by atoms with van der Waals surface area (Å²) < 4.78 is 10.6. The van der Waals surface area contributed by atoms with Gasteiger partial charge in [-0.15, -0.1) is 12.4 Å². The number of halogens is 1. The molecule has 2 rings (SSSR count). The fourth-order valence-electron chi connectivity index (χ4n) is 2.61. The fourth-order valence-corrected chi connectivity index (χ4v) is 2.61. The average Bonchev–Trinajstić information content (AvgIpc) is 2.54. The monoisotopic (exact) mass is 342 g/mol. The van der Waals surface area contributed by atoms with Crippen molar-refractivity contribution in [2.24, 2.45) is 0 Å². The van der Waals surface area contributed by atoms with Crippen molar-refractivity contribution in [1.29, 1.82) is 0 Å². The lowest BCUT2D eigenvalue weighted by molar-refractivity contribution is 0.0919. The number of hydrogen-bond acceptors (Lipinski definition) is 4. The molecule has 0 aromatic heterocycles. The quantitative estimate of drug-likeness (QED) is 0.747. The molecule has 1 aromatic rings. The van der Waals surface area contributed by atoms with Crippen LogP contribution < -0.4 is 15.4 Å². The number of hydrogen-bond donors (Lipinski definition) is 2. The average molecular weight is 343 g/mol. The number of carbonyl (C=O) groups excluding carboxylic acids is 1. The summed E-state index contributed by atoms with van der Waals surface area (Å²) in [5, 5.41) is 6.50. The largest absolute Gasteiger partial charge is 0.493 e. The van der Waals surface area contributed by atoms with Crippen LogP contribution in [0.4, 0.5) is 0 Å². The van der Waals surface area contributed by atoms with Crippen molar-refractivity contribution in [3.05, 3.63) is 29.8 Å². The Morgan fingerprint density at radius 2 is 2.22 bits per heavy atom. The predicted molar refractivity (Wildman–Crippen MR) is 93.6 cm³/mol. The number of piperidine rings is 1. The number of nitrogens with one attached hydrogen (secondary N) is 2. The normalized spacial score (nSPS) is 20.4. The molecule has 2 atom stereocenters. The van der Waals surface area contributed by atoms with E-state index in [1.165, 1.54) is 0 Å². The predicted octanol–water partition coefficient (Wildman–Crippen LogP) is 2.39. The van der Waals surface area contributed by atoms with E-state index in [-0.39, 0.29) is 24.4 Å². The molecule has 0 aliphatic carbocycles. The van der Waals surface area contributed by atoms with Gasteiger partial charge in [0, 0.05) is 37.8 Å². The van der Waals surface area contributed by atoms with Gasteiger partial charge in [-0.05, 0) is 44.5 Å². The first-order valence-corrected chi connectivity index (χ1v) is 7.97. The molecule has 5 nitrogen and oxygen atoms in total. The SMILES string of the molecule is COCCCOc1cccc(C(=O)NC2CCCNC2C)c1.Cl. The zero-order valence-corrected chi connectivity index (χ0v) is 14.7. The van der Waals surface area contributed by atoms with Crippen LogP contribution in [0.3, 0.4) is 0 Å². The molecule has 1 heterocycles. The second-order valence-corrected chi connectivity index (χ2v) is 5.69. The summed E-state index contributed by atoms with van der Waals surface area (Å²) in [5.74, 6) is 0.682. The van der Waals surface area contributed by atoms with E-state index in [1.807, 2.05) is 18.2 Å². The van der Waals surface area contributed by atoms with Crippen molar-refractivity contribution in [2.75, 3.05) is 26.9 Å². The molecule has 1 aliphatic rings. The third kappa shape index (κ3) is 6.37. The van der Waals surface area contributed by atoms with Crippen LogP contribution in [0.25, 0.3) is 0 Å². The molecule has 0 spiro atoms. The Balaban J connectivity index is 0.00000264. The van der Waals surface area contributed by atoms with Crippen LogP contribution in [0.2, 0.25) is 0 Å². The third-order valence-corrected chi connectivity index (χ3v) is 3.94. The van der Waals surface area contributed by atoms with Crippen LogP contribution >= 0.6 is 12.4 Å². The molecular formula is C17H27ClN2O3. The van der Waals surface area contributed by atoms with Crippen molar-refractivity contribution < 1.29 is 14.3 Å². The maximum Gasteiger partial charge on any atom is 0.251 e. The van der Waals surface area contributed by atoms with Gasteiger partial charge in [0.05, 0.1) is 6.61 Å². The highest BCUT2D eigenvalue weighted by Gasteiger charge is 2.22. The van der Waals surface area contributed by atoms with Gasteiger partial charge in [-0.1, -0.05) is 6.07 Å². The smallest absolute Gasteiger partial charge is 0.251 e. The first kappa shape index (κ1) is 19.7. The summed E-state index contributed by atoms with van der Waals surface area (Å²) in [6.45, 7) is 4.40. The molecule has 1 fully saturated rings. The van der Waals surface area contributed by atoms with Gasteiger partial charge in [0.1, 0.15) is 5.75 Å². The van der Waals surface area contributed by atoms with E-state index in [2.05, 4.69) is 17.6 Å². The molecule has 0 bridgehead atoms. The van der Waals surface area contributed by atoms with Crippen LogP contribution in [0.5, 0.6) is 5.75 Å². The van der Waals surface area contributed by atoms with Crippen molar-refractivity contribution in [3.63, 3.8) is 0 Å². The van der Waals surface area contributed by atoms with E-state index < -0.39 is 0 Å². The van der Waals surface area contributed by atoms with Gasteiger partial charge in [-0.25, -0.2) is 0 Å². The minimum atomic E-state index is -0.0390. The maximum atomic E-state index is 12.4. The van der Waals surface area contributed by atoms with Crippen molar-refractivity contribution in [1.82, 2.24) is 10.6 Å². The van der Waals surface area contributed by atoms with Gasteiger partial charge in [0.2, 0.25) is 0 Å².